The van der Waals surface area contributed by atoms with E-state index in [0.29, 0.717) is 36.2 Å². The van der Waals surface area contributed by atoms with E-state index in [0.717, 1.165) is 15.5 Å². The first-order valence-corrected chi connectivity index (χ1v) is 12.2. The molecule has 2 N–H and O–H groups in total. The summed E-state index contributed by atoms with van der Waals surface area (Å²) in [4.78, 5) is 27.6. The van der Waals surface area contributed by atoms with Gasteiger partial charge in [-0.05, 0) is 36.1 Å². The van der Waals surface area contributed by atoms with Gasteiger partial charge in [0.25, 0.3) is 5.69 Å². The third-order valence-electron chi connectivity index (χ3n) is 5.51. The Hall–Kier alpha value is -2.80. The van der Waals surface area contributed by atoms with E-state index in [1.165, 1.54) is 29.5 Å². The fraction of sp³-hybridized carbons (Fsp3) is 0.273. The Balaban J connectivity index is 1.98. The van der Waals surface area contributed by atoms with Crippen molar-refractivity contribution in [2.24, 2.45) is 5.73 Å². The number of allylic oxidation sites excluding steroid dienone is 3. The molecule has 32 heavy (non-hydrogen) atoms. The molecule has 10 heteroatoms. The highest BCUT2D eigenvalue weighted by Crippen LogP contribution is 2.50. The van der Waals surface area contributed by atoms with Gasteiger partial charge in [-0.3, -0.25) is 19.8 Å². The zero-order valence-corrected chi connectivity index (χ0v) is 19.5. The van der Waals surface area contributed by atoms with Crippen molar-refractivity contribution in [3.05, 3.63) is 72.3 Å². The van der Waals surface area contributed by atoms with Gasteiger partial charge in [-0.15, -0.1) is 23.1 Å². The smallest absolute Gasteiger partial charge is 0.271 e. The van der Waals surface area contributed by atoms with Gasteiger partial charge in [-0.25, -0.2) is 0 Å². The second-order valence-corrected chi connectivity index (χ2v) is 9.95. The van der Waals surface area contributed by atoms with Crippen LogP contribution in [0, 0.1) is 21.4 Å². The van der Waals surface area contributed by atoms with Crippen LogP contribution in [-0.2, 0) is 4.79 Å². The van der Waals surface area contributed by atoms with E-state index in [4.69, 9.17) is 17.3 Å². The number of thioether (sulfide) groups is 1. The molecule has 2 aliphatic rings. The van der Waals surface area contributed by atoms with Crippen LogP contribution in [-0.4, -0.2) is 16.5 Å². The molecule has 4 rings (SSSR count). The molecular formula is C22H19ClN4O3S2. The third kappa shape index (κ3) is 3.68. The number of nitrogens with zero attached hydrogens (tertiary/aromatic N) is 3. The summed E-state index contributed by atoms with van der Waals surface area (Å²) in [6, 6.07) is 8.29. The molecule has 164 valence electrons. The molecule has 1 aliphatic carbocycles. The number of thiophene rings is 1. The van der Waals surface area contributed by atoms with Crippen LogP contribution in [0.1, 0.15) is 37.0 Å². The zero-order valence-electron chi connectivity index (χ0n) is 17.1. The number of rotatable bonds is 5. The normalized spacial score (nSPS) is 18.6. The first-order valence-electron chi connectivity index (χ1n) is 9.99. The Morgan fingerprint density at radius 3 is 2.88 bits per heavy atom. The molecule has 2 heterocycles. The molecule has 1 atom stereocenters. The Morgan fingerprint density at radius 2 is 2.19 bits per heavy atom. The summed E-state index contributed by atoms with van der Waals surface area (Å²) >= 11 is 9.58. The average Bonchev–Trinajstić information content (AvgIpc) is 3.22. The number of nitrogens with two attached hydrogens (primary N) is 1. The molecule has 0 radical (unpaired) electrons. The van der Waals surface area contributed by atoms with Gasteiger partial charge in [0.15, 0.2) is 5.78 Å². The van der Waals surface area contributed by atoms with Crippen LogP contribution in [0.4, 0.5) is 11.4 Å². The van der Waals surface area contributed by atoms with Crippen LogP contribution in [0.5, 0.6) is 0 Å². The van der Waals surface area contributed by atoms with E-state index < -0.39 is 10.8 Å². The highest BCUT2D eigenvalue weighted by Gasteiger charge is 2.42. The minimum absolute atomic E-state index is 0.0381. The average molecular weight is 487 g/mol. The zero-order chi connectivity index (χ0) is 23.0. The van der Waals surface area contributed by atoms with Crippen molar-refractivity contribution in [3.8, 4) is 6.07 Å². The van der Waals surface area contributed by atoms with Crippen LogP contribution >= 0.6 is 34.7 Å². The van der Waals surface area contributed by atoms with E-state index in [1.54, 1.807) is 16.7 Å². The summed E-state index contributed by atoms with van der Waals surface area (Å²) in [6.07, 6.45) is 1.56. The number of hydrogen-bond acceptors (Lipinski definition) is 8. The fourth-order valence-corrected chi connectivity index (χ4v) is 6.46. The Bertz CT molecular complexity index is 1230. The van der Waals surface area contributed by atoms with Crippen LogP contribution in [0.3, 0.4) is 0 Å². The molecule has 0 amide bonds. The molecule has 0 spiro atoms. The first-order chi connectivity index (χ1) is 15.4. The SMILES string of the molecule is CCSc1ccsc1[C@@H]1C(C#N)=C(N)N(c2cc([N+](=O)[O-])ccc2Cl)C2=C1C(=O)CCC2. The lowest BCUT2D eigenvalue weighted by atomic mass is 9.78. The minimum atomic E-state index is -0.550. The first kappa shape index (κ1) is 22.4. The third-order valence-corrected chi connectivity index (χ3v) is 7.90. The predicted molar refractivity (Wildman–Crippen MR) is 127 cm³/mol. The van der Waals surface area contributed by atoms with Crippen molar-refractivity contribution in [3.63, 3.8) is 0 Å². The number of halogens is 1. The Morgan fingerprint density at radius 1 is 1.41 bits per heavy atom. The maximum atomic E-state index is 13.2. The monoisotopic (exact) mass is 486 g/mol. The molecule has 1 aromatic heterocycles. The lowest BCUT2D eigenvalue weighted by molar-refractivity contribution is -0.384. The second kappa shape index (κ2) is 8.98. The molecule has 0 bridgehead atoms. The summed E-state index contributed by atoms with van der Waals surface area (Å²) in [6.45, 7) is 2.05. The number of hydrogen-bond donors (Lipinski definition) is 1. The van der Waals surface area contributed by atoms with Gasteiger partial charge < -0.3 is 5.73 Å². The number of ketones is 1. The van der Waals surface area contributed by atoms with E-state index in [1.807, 2.05) is 18.4 Å². The van der Waals surface area contributed by atoms with Gasteiger partial charge in [0.05, 0.1) is 33.2 Å². The van der Waals surface area contributed by atoms with Crippen LogP contribution in [0.25, 0.3) is 0 Å². The molecule has 1 aromatic carbocycles. The highest BCUT2D eigenvalue weighted by atomic mass is 35.5. The quantitative estimate of drug-likeness (QED) is 0.326. The highest BCUT2D eigenvalue weighted by molar-refractivity contribution is 7.99. The number of nitriles is 1. The van der Waals surface area contributed by atoms with Crippen molar-refractivity contribution < 1.29 is 9.72 Å². The number of nitro benzene ring substituents is 1. The van der Waals surface area contributed by atoms with Gasteiger partial charge in [0.2, 0.25) is 0 Å². The van der Waals surface area contributed by atoms with E-state index in [2.05, 4.69) is 6.07 Å². The number of non-ortho nitro benzene ring substituents is 1. The Labute approximate surface area is 198 Å². The van der Waals surface area contributed by atoms with Gasteiger partial charge >= 0.3 is 0 Å². The molecule has 0 saturated heterocycles. The van der Waals surface area contributed by atoms with Crippen molar-refractivity contribution in [2.45, 2.75) is 37.0 Å². The van der Waals surface area contributed by atoms with Crippen LogP contribution in [0.15, 0.2) is 57.2 Å². The fourth-order valence-electron chi connectivity index (χ4n) is 4.20. The number of carbonyl (C=O) groups is 1. The van der Waals surface area contributed by atoms with Crippen molar-refractivity contribution >= 4 is 51.9 Å². The molecule has 0 saturated carbocycles. The van der Waals surface area contributed by atoms with Gasteiger partial charge in [-0.1, -0.05) is 18.5 Å². The number of nitro groups is 1. The molecule has 1 aliphatic heterocycles. The van der Waals surface area contributed by atoms with Gasteiger partial charge in [-0.2, -0.15) is 5.26 Å². The molecule has 0 unspecified atom stereocenters. The lowest BCUT2D eigenvalue weighted by Crippen LogP contribution is -2.38. The summed E-state index contributed by atoms with van der Waals surface area (Å²) in [5.41, 5.74) is 8.13. The van der Waals surface area contributed by atoms with Crippen molar-refractivity contribution in [2.75, 3.05) is 10.7 Å². The molecular weight excluding hydrogens is 468 g/mol. The predicted octanol–water partition coefficient (Wildman–Crippen LogP) is 5.73. The number of benzene rings is 1. The number of anilines is 1. The standard InChI is InChI=1S/C22H19ClN4O3S2/c1-2-31-18-8-9-32-21(18)19-13(11-24)22(25)26(15-4-3-5-17(28)20(15)19)16-10-12(27(29)30)6-7-14(16)23/h6-10,19H,2-5,25H2,1H3/t19-/m1/s1. The number of Topliss-reactive ketones (excluding diaryl/α,β-unsaturated/α-hetero) is 1. The van der Waals surface area contributed by atoms with Gasteiger partial charge in [0, 0.05) is 39.6 Å². The largest absolute Gasteiger partial charge is 0.384 e. The maximum Gasteiger partial charge on any atom is 0.271 e. The molecule has 2 aromatic rings. The number of carbonyl (C=O) groups excluding carboxylic acids is 1. The topological polar surface area (TPSA) is 113 Å². The van der Waals surface area contributed by atoms with E-state index in [-0.39, 0.29) is 27.9 Å². The summed E-state index contributed by atoms with van der Waals surface area (Å²) in [5, 5.41) is 23.7. The summed E-state index contributed by atoms with van der Waals surface area (Å²) < 4.78 is 0. The van der Waals surface area contributed by atoms with Crippen molar-refractivity contribution in [1.29, 1.82) is 5.26 Å². The van der Waals surface area contributed by atoms with Crippen molar-refractivity contribution in [1.82, 2.24) is 0 Å². The minimum Gasteiger partial charge on any atom is -0.384 e. The molecule has 0 fully saturated rings. The Kier molecular flexibility index (Phi) is 6.29. The lowest BCUT2D eigenvalue weighted by Gasteiger charge is -2.39. The second-order valence-electron chi connectivity index (χ2n) is 7.29. The maximum absolute atomic E-state index is 13.2. The van der Waals surface area contributed by atoms with E-state index >= 15 is 0 Å². The summed E-state index contributed by atoms with van der Waals surface area (Å²) in [7, 11) is 0. The van der Waals surface area contributed by atoms with Gasteiger partial charge in [0.1, 0.15) is 5.82 Å². The van der Waals surface area contributed by atoms with Crippen LogP contribution in [0.2, 0.25) is 5.02 Å². The molecule has 7 nitrogen and oxygen atoms in total. The van der Waals surface area contributed by atoms with E-state index in [9.17, 15) is 20.2 Å². The van der Waals surface area contributed by atoms with Crippen LogP contribution < -0.4 is 10.6 Å². The summed E-state index contributed by atoms with van der Waals surface area (Å²) in [5.74, 6) is 0.413.